The molecule has 2 atom stereocenters. The van der Waals surface area contributed by atoms with Gasteiger partial charge in [-0.25, -0.2) is 0 Å². The number of benzene rings is 1. The molecular weight excluding hydrogens is 302 g/mol. The molecule has 1 fully saturated rings. The molecule has 1 heterocycles. The van der Waals surface area contributed by atoms with Crippen molar-refractivity contribution in [1.82, 2.24) is 10.2 Å². The minimum atomic E-state index is -0.833. The van der Waals surface area contributed by atoms with Crippen molar-refractivity contribution >= 4 is 24.2 Å². The van der Waals surface area contributed by atoms with E-state index >= 15 is 0 Å². The Hall–Kier alpha value is -1.59. The monoisotopic (exact) mass is 325 g/mol. The maximum Gasteiger partial charge on any atom is 0.245 e. The molecule has 1 aromatic carbocycles. The largest absolute Gasteiger partial charge is 0.352 e. The predicted octanol–water partition coefficient (Wildman–Crippen LogP) is 1.48. The van der Waals surface area contributed by atoms with Crippen molar-refractivity contribution in [3.8, 4) is 0 Å². The van der Waals surface area contributed by atoms with E-state index in [9.17, 15) is 9.59 Å². The average molecular weight is 326 g/mol. The third-order valence-electron chi connectivity index (χ3n) is 4.23. The minimum Gasteiger partial charge on any atom is -0.352 e. The fourth-order valence-electron chi connectivity index (χ4n) is 2.65. The van der Waals surface area contributed by atoms with Gasteiger partial charge in [0.2, 0.25) is 11.8 Å². The van der Waals surface area contributed by atoms with Crippen molar-refractivity contribution in [2.75, 3.05) is 13.1 Å². The molecule has 6 heteroatoms. The van der Waals surface area contributed by atoms with Crippen LogP contribution in [0.4, 0.5) is 0 Å². The van der Waals surface area contributed by atoms with Crippen LogP contribution in [0, 0.1) is 5.92 Å². The Labute approximate surface area is 137 Å². The molecule has 1 saturated heterocycles. The summed E-state index contributed by atoms with van der Waals surface area (Å²) in [5.41, 5.74) is 6.32. The summed E-state index contributed by atoms with van der Waals surface area (Å²) < 4.78 is 0. The first-order valence-electron chi connectivity index (χ1n) is 7.26. The normalized spacial score (nSPS) is 19.6. The highest BCUT2D eigenvalue weighted by Crippen LogP contribution is 2.26. The van der Waals surface area contributed by atoms with Crippen molar-refractivity contribution in [1.29, 1.82) is 0 Å². The number of nitrogens with one attached hydrogen (secondary N) is 1. The maximum absolute atomic E-state index is 12.7. The molecule has 1 aliphatic heterocycles. The summed E-state index contributed by atoms with van der Waals surface area (Å²) >= 11 is 0. The summed E-state index contributed by atoms with van der Waals surface area (Å²) in [6.45, 7) is 6.35. The van der Waals surface area contributed by atoms with Crippen LogP contribution >= 0.6 is 12.4 Å². The van der Waals surface area contributed by atoms with E-state index in [0.717, 1.165) is 5.56 Å². The van der Waals surface area contributed by atoms with Gasteiger partial charge < -0.3 is 16.0 Å². The number of hydrogen-bond acceptors (Lipinski definition) is 3. The molecule has 2 amide bonds. The van der Waals surface area contributed by atoms with Crippen LogP contribution in [0.25, 0.3) is 0 Å². The lowest BCUT2D eigenvalue weighted by molar-refractivity contribution is -0.152. The van der Waals surface area contributed by atoms with Crippen LogP contribution in [0.1, 0.15) is 32.4 Å². The number of nitrogens with two attached hydrogens (primary N) is 1. The topological polar surface area (TPSA) is 75.4 Å². The van der Waals surface area contributed by atoms with Crippen LogP contribution < -0.4 is 11.1 Å². The Morgan fingerprint density at radius 1 is 1.32 bits per heavy atom. The first-order chi connectivity index (χ1) is 9.85. The Morgan fingerprint density at radius 2 is 1.91 bits per heavy atom. The smallest absolute Gasteiger partial charge is 0.245 e. The zero-order valence-electron chi connectivity index (χ0n) is 13.2. The van der Waals surface area contributed by atoms with E-state index in [4.69, 9.17) is 5.73 Å². The lowest BCUT2D eigenvalue weighted by atomic mass is 9.91. The lowest BCUT2D eigenvalue weighted by Gasteiger charge is -2.43. The van der Waals surface area contributed by atoms with Gasteiger partial charge in [0.1, 0.15) is 5.54 Å². The van der Waals surface area contributed by atoms with E-state index in [1.54, 1.807) is 18.7 Å². The highest BCUT2D eigenvalue weighted by Gasteiger charge is 2.42. The molecule has 2 unspecified atom stereocenters. The van der Waals surface area contributed by atoms with E-state index in [2.05, 4.69) is 5.32 Å². The zero-order valence-corrected chi connectivity index (χ0v) is 14.0. The summed E-state index contributed by atoms with van der Waals surface area (Å²) in [5.74, 6) is -0.577. The first kappa shape index (κ1) is 18.5. The summed E-state index contributed by atoms with van der Waals surface area (Å²) in [6.07, 6.45) is 0. The van der Waals surface area contributed by atoms with Gasteiger partial charge in [0.05, 0.1) is 5.92 Å². The molecule has 0 aromatic heterocycles. The van der Waals surface area contributed by atoms with Gasteiger partial charge in [0, 0.05) is 19.1 Å². The van der Waals surface area contributed by atoms with E-state index in [-0.39, 0.29) is 36.2 Å². The van der Waals surface area contributed by atoms with Crippen molar-refractivity contribution in [2.24, 2.45) is 11.7 Å². The third kappa shape index (κ3) is 3.42. The van der Waals surface area contributed by atoms with Gasteiger partial charge in [-0.1, -0.05) is 37.3 Å². The Balaban J connectivity index is 0.00000242. The van der Waals surface area contributed by atoms with Gasteiger partial charge in [0.25, 0.3) is 0 Å². The number of carbonyl (C=O) groups is 2. The molecule has 0 aliphatic carbocycles. The Bertz CT molecular complexity index is 533. The molecule has 2 rings (SSSR count). The molecule has 0 radical (unpaired) electrons. The molecule has 1 aromatic rings. The van der Waals surface area contributed by atoms with Gasteiger partial charge in [-0.2, -0.15) is 0 Å². The number of amides is 2. The van der Waals surface area contributed by atoms with Crippen molar-refractivity contribution in [2.45, 2.75) is 32.4 Å². The van der Waals surface area contributed by atoms with Crippen LogP contribution in [0.15, 0.2) is 30.3 Å². The van der Waals surface area contributed by atoms with Crippen molar-refractivity contribution < 1.29 is 9.59 Å². The summed E-state index contributed by atoms with van der Waals surface area (Å²) in [4.78, 5) is 26.3. The van der Waals surface area contributed by atoms with Crippen LogP contribution in [0.3, 0.4) is 0 Å². The van der Waals surface area contributed by atoms with Crippen LogP contribution in [-0.4, -0.2) is 35.3 Å². The average Bonchev–Trinajstić information content (AvgIpc) is 2.48. The molecule has 0 bridgehead atoms. The van der Waals surface area contributed by atoms with E-state index in [1.165, 1.54) is 0 Å². The second-order valence-electron chi connectivity index (χ2n) is 6.03. The maximum atomic E-state index is 12.7. The number of hydrogen-bond donors (Lipinski definition) is 2. The highest BCUT2D eigenvalue weighted by atomic mass is 35.5. The number of rotatable bonds is 3. The molecular formula is C16H24ClN3O2. The molecule has 22 heavy (non-hydrogen) atoms. The second kappa shape index (κ2) is 7.11. The number of halogens is 1. The fourth-order valence-corrected chi connectivity index (χ4v) is 2.65. The molecule has 3 N–H and O–H groups in total. The van der Waals surface area contributed by atoms with Gasteiger partial charge in [-0.05, 0) is 19.4 Å². The summed E-state index contributed by atoms with van der Waals surface area (Å²) in [6, 6.07) is 9.20. The van der Waals surface area contributed by atoms with Gasteiger partial charge in [-0.3, -0.25) is 9.59 Å². The van der Waals surface area contributed by atoms with Crippen LogP contribution in [0.5, 0.6) is 0 Å². The van der Waals surface area contributed by atoms with Crippen molar-refractivity contribution in [3.63, 3.8) is 0 Å². The number of nitrogens with zero attached hydrogens (tertiary/aromatic N) is 1. The Kier molecular flexibility index (Phi) is 5.97. The van der Waals surface area contributed by atoms with Gasteiger partial charge >= 0.3 is 0 Å². The fraction of sp³-hybridized carbons (Fsp3) is 0.500. The van der Waals surface area contributed by atoms with E-state index in [1.807, 2.05) is 37.3 Å². The third-order valence-corrected chi connectivity index (χ3v) is 4.23. The lowest BCUT2D eigenvalue weighted by Crippen LogP contribution is -2.64. The van der Waals surface area contributed by atoms with E-state index < -0.39 is 5.54 Å². The summed E-state index contributed by atoms with van der Waals surface area (Å²) in [7, 11) is 0. The predicted molar refractivity (Wildman–Crippen MR) is 88.6 cm³/mol. The SMILES string of the molecule is CC(C(=O)N1CCNC(=O)C1(C)C)C(N)c1ccccc1.Cl. The minimum absolute atomic E-state index is 0. The first-order valence-corrected chi connectivity index (χ1v) is 7.26. The van der Waals surface area contributed by atoms with Crippen molar-refractivity contribution in [3.05, 3.63) is 35.9 Å². The summed E-state index contributed by atoms with van der Waals surface area (Å²) in [5, 5.41) is 2.79. The second-order valence-corrected chi connectivity index (χ2v) is 6.03. The van der Waals surface area contributed by atoms with Gasteiger partial charge in [0.15, 0.2) is 0 Å². The molecule has 0 spiro atoms. The highest BCUT2D eigenvalue weighted by molar-refractivity contribution is 5.92. The molecule has 5 nitrogen and oxygen atoms in total. The molecule has 122 valence electrons. The molecule has 0 saturated carbocycles. The zero-order chi connectivity index (χ0) is 15.6. The molecule has 1 aliphatic rings. The number of piperazine rings is 1. The van der Waals surface area contributed by atoms with E-state index in [0.29, 0.717) is 13.1 Å². The van der Waals surface area contributed by atoms with Crippen LogP contribution in [0.2, 0.25) is 0 Å². The number of carbonyl (C=O) groups excluding carboxylic acids is 2. The standard InChI is InChI=1S/C16H23N3O2.ClH/c1-11(13(17)12-7-5-4-6-8-12)14(20)19-10-9-18-15(21)16(19,2)3;/h4-8,11,13H,9-10,17H2,1-3H3,(H,18,21);1H. The Morgan fingerprint density at radius 3 is 2.50 bits per heavy atom. The van der Waals surface area contributed by atoms with Crippen LogP contribution in [-0.2, 0) is 9.59 Å². The van der Waals surface area contributed by atoms with Gasteiger partial charge in [-0.15, -0.1) is 12.4 Å². The quantitative estimate of drug-likeness (QED) is 0.884.